The van der Waals surface area contributed by atoms with Crippen LogP contribution in [0.15, 0.2) is 112 Å². The number of nitrogens with zero attached hydrogens (tertiary/aromatic N) is 2. The Balaban J connectivity index is 1.41. The number of hydrogen-bond acceptors (Lipinski definition) is 4. The first-order chi connectivity index (χ1) is 18.3. The first-order valence-electron chi connectivity index (χ1n) is 12.0. The molecule has 4 heterocycles. The Kier molecular flexibility index (Phi) is 4.08. The normalized spacial score (nSPS) is 11.9. The molecular weight excluding hydrogens is 463 g/mol. The van der Waals surface area contributed by atoms with Crippen LogP contribution < -0.4 is 0 Å². The third kappa shape index (κ3) is 2.88. The summed E-state index contributed by atoms with van der Waals surface area (Å²) >= 11 is 0. The molecule has 0 spiro atoms. The highest BCUT2D eigenvalue weighted by molar-refractivity contribution is 6.15. The molecule has 0 fully saturated rings. The Hall–Kier alpha value is -5.03. The number of benzene rings is 4. The van der Waals surface area contributed by atoms with Crippen LogP contribution in [0.4, 0.5) is 4.39 Å². The highest BCUT2D eigenvalue weighted by atomic mass is 19.1. The van der Waals surface area contributed by atoms with Gasteiger partial charge in [-0.2, -0.15) is 0 Å². The van der Waals surface area contributed by atoms with Crippen molar-refractivity contribution < 1.29 is 13.2 Å². The van der Waals surface area contributed by atoms with E-state index in [1.165, 1.54) is 12.1 Å². The molecule has 0 unspecified atom stereocenters. The number of halogens is 1. The summed E-state index contributed by atoms with van der Waals surface area (Å²) in [5, 5.41) is 3.82. The van der Waals surface area contributed by atoms with Gasteiger partial charge in [0.1, 0.15) is 28.0 Å². The van der Waals surface area contributed by atoms with Crippen molar-refractivity contribution in [3.8, 4) is 22.3 Å². The van der Waals surface area contributed by atoms with Gasteiger partial charge in [-0.3, -0.25) is 9.97 Å². The zero-order valence-electron chi connectivity index (χ0n) is 19.4. The van der Waals surface area contributed by atoms with Gasteiger partial charge in [0.15, 0.2) is 11.2 Å². The molecule has 0 aliphatic carbocycles. The van der Waals surface area contributed by atoms with Crippen LogP contribution in [0.5, 0.6) is 0 Å². The molecule has 0 saturated carbocycles. The standard InChI is InChI=1S/C32H17FN2O2/c33-18-9-12-28-26(17-18)30-32(37-28)24(14-16-35-30)22-11-10-21(19-5-1-2-6-20(19)22)23-13-15-34-29-25-7-3-4-8-27(25)36-31(23)29/h1-17H. The maximum absolute atomic E-state index is 14.0. The summed E-state index contributed by atoms with van der Waals surface area (Å²) in [7, 11) is 0. The number of rotatable bonds is 2. The lowest BCUT2D eigenvalue weighted by Crippen LogP contribution is -1.88. The fourth-order valence-corrected chi connectivity index (χ4v) is 5.43. The Morgan fingerprint density at radius 2 is 1.03 bits per heavy atom. The molecule has 4 aromatic carbocycles. The highest BCUT2D eigenvalue weighted by Crippen LogP contribution is 2.42. The minimum atomic E-state index is -0.313. The maximum atomic E-state index is 14.0. The van der Waals surface area contributed by atoms with Gasteiger partial charge in [-0.1, -0.05) is 48.5 Å². The number of fused-ring (bicyclic) bond motifs is 7. The van der Waals surface area contributed by atoms with Crippen LogP contribution in [0.3, 0.4) is 0 Å². The average Bonchev–Trinajstić information content (AvgIpc) is 3.51. The monoisotopic (exact) mass is 480 g/mol. The van der Waals surface area contributed by atoms with Crippen LogP contribution >= 0.6 is 0 Å². The molecule has 0 amide bonds. The van der Waals surface area contributed by atoms with Gasteiger partial charge >= 0.3 is 0 Å². The van der Waals surface area contributed by atoms with Gasteiger partial charge in [-0.15, -0.1) is 0 Å². The zero-order chi connectivity index (χ0) is 24.5. The summed E-state index contributed by atoms with van der Waals surface area (Å²) < 4.78 is 26.5. The fourth-order valence-electron chi connectivity index (χ4n) is 5.43. The van der Waals surface area contributed by atoms with E-state index >= 15 is 0 Å². The van der Waals surface area contributed by atoms with Crippen LogP contribution in [0.25, 0.3) is 77.2 Å². The molecule has 8 aromatic rings. The van der Waals surface area contributed by atoms with E-state index in [4.69, 9.17) is 8.83 Å². The van der Waals surface area contributed by atoms with E-state index in [0.29, 0.717) is 22.1 Å². The minimum Gasteiger partial charge on any atom is -0.454 e. The summed E-state index contributed by atoms with van der Waals surface area (Å²) in [6.07, 6.45) is 3.59. The van der Waals surface area contributed by atoms with Gasteiger partial charge in [-0.25, -0.2) is 4.39 Å². The van der Waals surface area contributed by atoms with Crippen molar-refractivity contribution in [1.82, 2.24) is 9.97 Å². The Labute approximate surface area is 209 Å². The van der Waals surface area contributed by atoms with Crippen molar-refractivity contribution in [1.29, 1.82) is 0 Å². The molecule has 4 aromatic heterocycles. The van der Waals surface area contributed by atoms with E-state index in [1.807, 2.05) is 54.7 Å². The van der Waals surface area contributed by atoms with Crippen molar-refractivity contribution in [2.75, 3.05) is 0 Å². The third-order valence-corrected chi connectivity index (χ3v) is 7.08. The molecule has 0 atom stereocenters. The SMILES string of the molecule is Fc1ccc2oc3c(-c4ccc(-c5ccnc6c5oc5ccccc56)c5ccccc45)ccnc3c2c1. The summed E-state index contributed by atoms with van der Waals surface area (Å²) in [5.41, 5.74) is 8.32. The Bertz CT molecular complexity index is 2170. The van der Waals surface area contributed by atoms with Gasteiger partial charge in [0.2, 0.25) is 0 Å². The quantitative estimate of drug-likeness (QED) is 0.248. The molecule has 37 heavy (non-hydrogen) atoms. The van der Waals surface area contributed by atoms with E-state index in [1.54, 1.807) is 12.3 Å². The lowest BCUT2D eigenvalue weighted by atomic mass is 9.92. The van der Waals surface area contributed by atoms with Gasteiger partial charge < -0.3 is 8.83 Å². The van der Waals surface area contributed by atoms with Crippen molar-refractivity contribution in [2.24, 2.45) is 0 Å². The van der Waals surface area contributed by atoms with Crippen LogP contribution in [0, 0.1) is 5.82 Å². The molecule has 0 saturated heterocycles. The van der Waals surface area contributed by atoms with E-state index in [-0.39, 0.29) is 5.82 Å². The van der Waals surface area contributed by atoms with Crippen molar-refractivity contribution in [2.45, 2.75) is 0 Å². The second-order valence-corrected chi connectivity index (χ2v) is 9.12. The number of hydrogen-bond donors (Lipinski definition) is 0. The van der Waals surface area contributed by atoms with Crippen molar-refractivity contribution in [3.63, 3.8) is 0 Å². The molecule has 0 aliphatic heterocycles. The minimum absolute atomic E-state index is 0.313. The zero-order valence-corrected chi connectivity index (χ0v) is 19.4. The Morgan fingerprint density at radius 1 is 0.486 bits per heavy atom. The van der Waals surface area contributed by atoms with Gasteiger partial charge in [0, 0.05) is 34.3 Å². The van der Waals surface area contributed by atoms with E-state index in [9.17, 15) is 4.39 Å². The van der Waals surface area contributed by atoms with Crippen LogP contribution in [-0.2, 0) is 0 Å². The summed E-state index contributed by atoms with van der Waals surface area (Å²) in [4.78, 5) is 9.14. The molecule has 0 radical (unpaired) electrons. The van der Waals surface area contributed by atoms with E-state index in [2.05, 4.69) is 34.2 Å². The number of pyridine rings is 2. The topological polar surface area (TPSA) is 52.1 Å². The number of furan rings is 2. The molecule has 0 N–H and O–H groups in total. The maximum Gasteiger partial charge on any atom is 0.161 e. The van der Waals surface area contributed by atoms with Crippen LogP contribution in [0.2, 0.25) is 0 Å². The van der Waals surface area contributed by atoms with Crippen molar-refractivity contribution >= 4 is 54.9 Å². The molecule has 0 aliphatic rings. The first kappa shape index (κ1) is 20.2. The molecular formula is C32H17FN2O2. The smallest absolute Gasteiger partial charge is 0.161 e. The number of para-hydroxylation sites is 1. The number of aromatic nitrogens is 2. The fraction of sp³-hybridized carbons (Fsp3) is 0. The van der Waals surface area contributed by atoms with Gasteiger partial charge in [0.05, 0.1) is 0 Å². The third-order valence-electron chi connectivity index (χ3n) is 7.08. The first-order valence-corrected chi connectivity index (χ1v) is 12.0. The lowest BCUT2D eigenvalue weighted by molar-refractivity contribution is 0.626. The summed E-state index contributed by atoms with van der Waals surface area (Å²) in [6.45, 7) is 0. The molecule has 4 nitrogen and oxygen atoms in total. The summed E-state index contributed by atoms with van der Waals surface area (Å²) in [6, 6.07) is 29.0. The van der Waals surface area contributed by atoms with Crippen LogP contribution in [-0.4, -0.2) is 9.97 Å². The molecule has 5 heteroatoms. The molecule has 8 rings (SSSR count). The predicted octanol–water partition coefficient (Wildman–Crippen LogP) is 8.90. The van der Waals surface area contributed by atoms with Gasteiger partial charge in [-0.05, 0) is 64.4 Å². The highest BCUT2D eigenvalue weighted by Gasteiger charge is 2.19. The summed E-state index contributed by atoms with van der Waals surface area (Å²) in [5.74, 6) is -0.313. The van der Waals surface area contributed by atoms with Crippen LogP contribution in [0.1, 0.15) is 0 Å². The average molecular weight is 480 g/mol. The van der Waals surface area contributed by atoms with Crippen molar-refractivity contribution in [3.05, 3.63) is 109 Å². The van der Waals surface area contributed by atoms with E-state index < -0.39 is 0 Å². The Morgan fingerprint density at radius 3 is 1.68 bits per heavy atom. The second-order valence-electron chi connectivity index (χ2n) is 9.12. The largest absolute Gasteiger partial charge is 0.454 e. The molecule has 174 valence electrons. The second kappa shape index (κ2) is 7.48. The lowest BCUT2D eigenvalue weighted by Gasteiger charge is -2.12. The van der Waals surface area contributed by atoms with E-state index in [0.717, 1.165) is 55.1 Å². The predicted molar refractivity (Wildman–Crippen MR) is 145 cm³/mol. The molecule has 0 bridgehead atoms. The van der Waals surface area contributed by atoms with Gasteiger partial charge in [0.25, 0.3) is 0 Å².